The summed E-state index contributed by atoms with van der Waals surface area (Å²) >= 11 is 6.01. The number of piperazine rings is 1. The molecular formula is C16H14ClN3O5. The number of furan rings is 1. The number of benzene rings is 1. The molecule has 2 heterocycles. The summed E-state index contributed by atoms with van der Waals surface area (Å²) in [5, 5.41) is 10.8. The van der Waals surface area contributed by atoms with E-state index < -0.39 is 4.92 Å². The van der Waals surface area contributed by atoms with E-state index in [0.29, 0.717) is 26.2 Å². The first-order valence-corrected chi connectivity index (χ1v) is 7.91. The molecule has 25 heavy (non-hydrogen) atoms. The third-order valence-corrected chi connectivity index (χ3v) is 4.29. The zero-order valence-corrected chi connectivity index (χ0v) is 13.8. The molecule has 1 saturated heterocycles. The second-order valence-electron chi connectivity index (χ2n) is 5.48. The molecule has 1 fully saturated rings. The summed E-state index contributed by atoms with van der Waals surface area (Å²) in [6.07, 6.45) is 1.43. The largest absolute Gasteiger partial charge is 0.459 e. The second-order valence-corrected chi connectivity index (χ2v) is 5.89. The normalized spacial score (nSPS) is 14.4. The van der Waals surface area contributed by atoms with E-state index in [9.17, 15) is 19.7 Å². The van der Waals surface area contributed by atoms with E-state index in [1.54, 1.807) is 21.9 Å². The van der Waals surface area contributed by atoms with Crippen LogP contribution in [0.4, 0.5) is 5.69 Å². The molecule has 0 atom stereocenters. The molecule has 2 amide bonds. The van der Waals surface area contributed by atoms with Gasteiger partial charge in [-0.1, -0.05) is 11.6 Å². The van der Waals surface area contributed by atoms with Gasteiger partial charge in [-0.2, -0.15) is 0 Å². The SMILES string of the molecule is O=C(c1ccco1)N1CCN(C(=O)c2ccc([N+](=O)[O-])cc2Cl)CC1. The standard InChI is InChI=1S/C16H14ClN3O5/c17-13-10-11(20(23)24)3-4-12(13)15(21)18-5-7-19(8-6-18)16(22)14-2-1-9-25-14/h1-4,9-10H,5-8H2. The van der Waals surface area contributed by atoms with E-state index >= 15 is 0 Å². The van der Waals surface area contributed by atoms with Gasteiger partial charge in [0.05, 0.1) is 21.8 Å². The van der Waals surface area contributed by atoms with Crippen LogP contribution in [-0.2, 0) is 0 Å². The van der Waals surface area contributed by atoms with Crippen LogP contribution in [0, 0.1) is 10.1 Å². The van der Waals surface area contributed by atoms with Gasteiger partial charge in [0.15, 0.2) is 5.76 Å². The molecule has 0 spiro atoms. The number of rotatable bonds is 3. The van der Waals surface area contributed by atoms with Gasteiger partial charge < -0.3 is 14.2 Å². The molecule has 0 N–H and O–H groups in total. The monoisotopic (exact) mass is 363 g/mol. The fourth-order valence-corrected chi connectivity index (χ4v) is 2.89. The van der Waals surface area contributed by atoms with E-state index in [4.69, 9.17) is 16.0 Å². The first kappa shape index (κ1) is 17.0. The summed E-state index contributed by atoms with van der Waals surface area (Å²) in [7, 11) is 0. The first-order chi connectivity index (χ1) is 12.0. The van der Waals surface area contributed by atoms with Crippen LogP contribution >= 0.6 is 11.6 Å². The molecule has 1 aromatic heterocycles. The number of carbonyl (C=O) groups is 2. The first-order valence-electron chi connectivity index (χ1n) is 7.53. The highest BCUT2D eigenvalue weighted by atomic mass is 35.5. The van der Waals surface area contributed by atoms with E-state index in [-0.39, 0.29) is 33.8 Å². The van der Waals surface area contributed by atoms with E-state index in [2.05, 4.69) is 0 Å². The zero-order chi connectivity index (χ0) is 18.0. The molecule has 0 saturated carbocycles. The fraction of sp³-hybridized carbons (Fsp3) is 0.250. The van der Waals surface area contributed by atoms with Crippen LogP contribution in [0.5, 0.6) is 0 Å². The number of hydrogen-bond donors (Lipinski definition) is 0. The van der Waals surface area contributed by atoms with Crippen LogP contribution in [0.25, 0.3) is 0 Å². The van der Waals surface area contributed by atoms with E-state index in [1.165, 1.54) is 18.4 Å². The predicted octanol–water partition coefficient (Wildman–Crippen LogP) is 2.44. The van der Waals surface area contributed by atoms with Crippen molar-refractivity contribution in [2.24, 2.45) is 0 Å². The Morgan fingerprint density at radius 3 is 2.24 bits per heavy atom. The van der Waals surface area contributed by atoms with Crippen molar-refractivity contribution in [3.63, 3.8) is 0 Å². The lowest BCUT2D eigenvalue weighted by molar-refractivity contribution is -0.384. The summed E-state index contributed by atoms with van der Waals surface area (Å²) in [4.78, 5) is 38.1. The lowest BCUT2D eigenvalue weighted by Crippen LogP contribution is -2.50. The predicted molar refractivity (Wildman–Crippen MR) is 88.6 cm³/mol. The smallest absolute Gasteiger partial charge is 0.289 e. The summed E-state index contributed by atoms with van der Waals surface area (Å²) in [6, 6.07) is 6.99. The number of hydrogen-bond acceptors (Lipinski definition) is 5. The molecule has 0 unspecified atom stereocenters. The molecule has 1 aromatic carbocycles. The Labute approximate surface area is 147 Å². The number of nitrogens with zero attached hydrogens (tertiary/aromatic N) is 3. The fourth-order valence-electron chi connectivity index (χ4n) is 2.63. The van der Waals surface area contributed by atoms with Crippen LogP contribution in [0.15, 0.2) is 41.0 Å². The van der Waals surface area contributed by atoms with Gasteiger partial charge in [-0.15, -0.1) is 0 Å². The third-order valence-electron chi connectivity index (χ3n) is 3.98. The average molecular weight is 364 g/mol. The minimum atomic E-state index is -0.570. The van der Waals surface area contributed by atoms with Crippen molar-refractivity contribution in [2.75, 3.05) is 26.2 Å². The number of nitro benzene ring substituents is 1. The van der Waals surface area contributed by atoms with Crippen LogP contribution in [0.1, 0.15) is 20.9 Å². The van der Waals surface area contributed by atoms with Gasteiger partial charge >= 0.3 is 0 Å². The molecule has 130 valence electrons. The highest BCUT2D eigenvalue weighted by Gasteiger charge is 2.27. The molecule has 8 nitrogen and oxygen atoms in total. The van der Waals surface area contributed by atoms with Crippen LogP contribution in [0.2, 0.25) is 5.02 Å². The Morgan fingerprint density at radius 2 is 1.72 bits per heavy atom. The summed E-state index contributed by atoms with van der Waals surface area (Å²) in [5.41, 5.74) is 0.0356. The zero-order valence-electron chi connectivity index (χ0n) is 13.1. The Kier molecular flexibility index (Phi) is 4.71. The van der Waals surface area contributed by atoms with Gasteiger partial charge in [-0.05, 0) is 18.2 Å². The van der Waals surface area contributed by atoms with Crippen LogP contribution in [0.3, 0.4) is 0 Å². The summed E-state index contributed by atoms with van der Waals surface area (Å²) in [6.45, 7) is 1.43. The van der Waals surface area contributed by atoms with Crippen molar-refractivity contribution >= 4 is 29.1 Å². The van der Waals surface area contributed by atoms with Gasteiger partial charge in [0, 0.05) is 38.3 Å². The Morgan fingerprint density at radius 1 is 1.08 bits per heavy atom. The van der Waals surface area contributed by atoms with Crippen LogP contribution in [-0.4, -0.2) is 52.7 Å². The number of non-ortho nitro benzene ring substituents is 1. The number of amides is 2. The molecule has 0 radical (unpaired) electrons. The Hall–Kier alpha value is -2.87. The lowest BCUT2D eigenvalue weighted by atomic mass is 10.1. The quantitative estimate of drug-likeness (QED) is 0.616. The second kappa shape index (κ2) is 6.94. The van der Waals surface area contributed by atoms with Gasteiger partial charge in [-0.25, -0.2) is 0 Å². The van der Waals surface area contributed by atoms with E-state index in [0.717, 1.165) is 6.07 Å². The minimum Gasteiger partial charge on any atom is -0.459 e. The Balaban J connectivity index is 1.66. The summed E-state index contributed by atoms with van der Waals surface area (Å²) in [5.74, 6) is -0.270. The lowest BCUT2D eigenvalue weighted by Gasteiger charge is -2.34. The van der Waals surface area contributed by atoms with E-state index in [1.807, 2.05) is 0 Å². The van der Waals surface area contributed by atoms with Gasteiger partial charge in [0.25, 0.3) is 17.5 Å². The van der Waals surface area contributed by atoms with Gasteiger partial charge in [0.2, 0.25) is 0 Å². The van der Waals surface area contributed by atoms with Gasteiger partial charge in [-0.3, -0.25) is 19.7 Å². The summed E-state index contributed by atoms with van der Waals surface area (Å²) < 4.78 is 5.09. The molecule has 0 aliphatic carbocycles. The van der Waals surface area contributed by atoms with Gasteiger partial charge in [0.1, 0.15) is 0 Å². The number of halogens is 1. The molecule has 2 aromatic rings. The molecule has 3 rings (SSSR count). The maximum atomic E-state index is 12.6. The maximum absolute atomic E-state index is 12.6. The molecular weight excluding hydrogens is 350 g/mol. The van der Waals surface area contributed by atoms with Crippen molar-refractivity contribution in [1.29, 1.82) is 0 Å². The van der Waals surface area contributed by atoms with Crippen molar-refractivity contribution in [3.05, 3.63) is 63.1 Å². The molecule has 1 aliphatic heterocycles. The minimum absolute atomic E-state index is 0.0355. The molecule has 9 heteroatoms. The van der Waals surface area contributed by atoms with Crippen molar-refractivity contribution in [1.82, 2.24) is 9.80 Å². The maximum Gasteiger partial charge on any atom is 0.289 e. The average Bonchev–Trinajstić information content (AvgIpc) is 3.15. The van der Waals surface area contributed by atoms with Crippen molar-refractivity contribution in [2.45, 2.75) is 0 Å². The van der Waals surface area contributed by atoms with Crippen molar-refractivity contribution in [3.8, 4) is 0 Å². The molecule has 1 aliphatic rings. The number of nitro groups is 1. The highest BCUT2D eigenvalue weighted by molar-refractivity contribution is 6.34. The Bertz CT molecular complexity index is 813. The topological polar surface area (TPSA) is 96.9 Å². The highest BCUT2D eigenvalue weighted by Crippen LogP contribution is 2.24. The number of carbonyl (C=O) groups excluding carboxylic acids is 2. The van der Waals surface area contributed by atoms with Crippen molar-refractivity contribution < 1.29 is 18.9 Å². The molecule has 0 bridgehead atoms. The van der Waals surface area contributed by atoms with Crippen LogP contribution < -0.4 is 0 Å². The third kappa shape index (κ3) is 3.48.